The second-order valence-electron chi connectivity index (χ2n) is 9.25. The minimum atomic E-state index is -0.607. The third kappa shape index (κ3) is 2.65. The lowest BCUT2D eigenvalue weighted by atomic mass is 9.95. The van der Waals surface area contributed by atoms with Crippen LogP contribution in [0.3, 0.4) is 0 Å². The van der Waals surface area contributed by atoms with Crippen LogP contribution in [0.15, 0.2) is 36.5 Å². The van der Waals surface area contributed by atoms with Crippen LogP contribution in [0.2, 0.25) is 0 Å². The first-order chi connectivity index (χ1) is 14.8. The molecule has 2 aromatic carbocycles. The number of nitrogens with one attached hydrogen (secondary N) is 1. The van der Waals surface area contributed by atoms with Crippen LogP contribution in [0, 0.1) is 24.5 Å². The Balaban J connectivity index is 1.59. The summed E-state index contributed by atoms with van der Waals surface area (Å²) in [6.45, 7) is 6.57. The van der Waals surface area contributed by atoms with E-state index in [1.807, 2.05) is 38.2 Å². The van der Waals surface area contributed by atoms with E-state index in [-0.39, 0.29) is 11.3 Å². The predicted molar refractivity (Wildman–Crippen MR) is 116 cm³/mol. The van der Waals surface area contributed by atoms with Gasteiger partial charge in [0.2, 0.25) is 0 Å². The van der Waals surface area contributed by atoms with E-state index in [1.54, 1.807) is 17.6 Å². The van der Waals surface area contributed by atoms with Crippen molar-refractivity contribution < 1.29 is 8.78 Å². The maximum Gasteiger partial charge on any atom is 0.162 e. The molecule has 3 heterocycles. The van der Waals surface area contributed by atoms with Crippen LogP contribution in [0.1, 0.15) is 38.3 Å². The highest BCUT2D eigenvalue weighted by Crippen LogP contribution is 2.43. The summed E-state index contributed by atoms with van der Waals surface area (Å²) in [5.41, 5.74) is 1.60. The van der Waals surface area contributed by atoms with Crippen molar-refractivity contribution >= 4 is 16.6 Å². The number of hydrogen-bond donors (Lipinski definition) is 1. The van der Waals surface area contributed by atoms with Crippen molar-refractivity contribution in [2.24, 2.45) is 5.92 Å². The van der Waals surface area contributed by atoms with Crippen molar-refractivity contribution in [3.05, 3.63) is 59.8 Å². The molecule has 158 valence electrons. The van der Waals surface area contributed by atoms with Gasteiger partial charge in [0.25, 0.3) is 0 Å². The molecule has 1 aliphatic carbocycles. The van der Waals surface area contributed by atoms with Crippen LogP contribution in [0.5, 0.6) is 0 Å². The Morgan fingerprint density at radius 3 is 2.74 bits per heavy atom. The summed E-state index contributed by atoms with van der Waals surface area (Å²) in [5.74, 6) is 0.681. The molecule has 0 saturated heterocycles. The standard InChI is InChI=1S/C24H23F2N5/c1-13-28-29-23-24(2,3)27-18-11-17(25)20(21(26)22(18)31(13)23)16-5-4-6-19-15(16)9-10-30(19)12-14-7-8-14/h4-6,9-11,14,27H,7-8,12H2,1-3H3. The van der Waals surface area contributed by atoms with Crippen LogP contribution in [-0.2, 0) is 12.1 Å². The lowest BCUT2D eigenvalue weighted by molar-refractivity contribution is 0.517. The quantitative estimate of drug-likeness (QED) is 0.474. The highest BCUT2D eigenvalue weighted by atomic mass is 19.1. The number of anilines is 1. The van der Waals surface area contributed by atoms with Gasteiger partial charge >= 0.3 is 0 Å². The number of benzene rings is 2. The van der Waals surface area contributed by atoms with Crippen molar-refractivity contribution in [1.82, 2.24) is 19.3 Å². The van der Waals surface area contributed by atoms with Gasteiger partial charge in [-0.05, 0) is 57.2 Å². The smallest absolute Gasteiger partial charge is 0.162 e. The van der Waals surface area contributed by atoms with Gasteiger partial charge < -0.3 is 9.88 Å². The highest BCUT2D eigenvalue weighted by molar-refractivity contribution is 5.97. The number of aryl methyl sites for hydroxylation is 1. The van der Waals surface area contributed by atoms with Crippen LogP contribution in [-0.4, -0.2) is 19.3 Å². The number of rotatable bonds is 3. The van der Waals surface area contributed by atoms with E-state index in [1.165, 1.54) is 18.9 Å². The second kappa shape index (κ2) is 6.15. The Kier molecular flexibility index (Phi) is 3.68. The van der Waals surface area contributed by atoms with E-state index in [4.69, 9.17) is 0 Å². The molecule has 0 radical (unpaired) electrons. The summed E-state index contributed by atoms with van der Waals surface area (Å²) in [4.78, 5) is 0. The zero-order valence-corrected chi connectivity index (χ0v) is 17.7. The van der Waals surface area contributed by atoms with Crippen LogP contribution in [0.25, 0.3) is 27.7 Å². The molecule has 1 fully saturated rings. The lowest BCUT2D eigenvalue weighted by Gasteiger charge is -2.34. The van der Waals surface area contributed by atoms with Gasteiger partial charge in [-0.15, -0.1) is 10.2 Å². The second-order valence-corrected chi connectivity index (χ2v) is 9.25. The maximum atomic E-state index is 16.1. The largest absolute Gasteiger partial charge is 0.371 e. The van der Waals surface area contributed by atoms with Crippen molar-refractivity contribution in [2.45, 2.75) is 45.7 Å². The minimum Gasteiger partial charge on any atom is -0.371 e. The van der Waals surface area contributed by atoms with Gasteiger partial charge in [-0.25, -0.2) is 8.78 Å². The van der Waals surface area contributed by atoms with Gasteiger partial charge in [-0.1, -0.05) is 12.1 Å². The van der Waals surface area contributed by atoms with E-state index in [0.717, 1.165) is 17.4 Å². The molecule has 5 nitrogen and oxygen atoms in total. The van der Waals surface area contributed by atoms with Gasteiger partial charge in [0.15, 0.2) is 11.6 Å². The van der Waals surface area contributed by atoms with Crippen molar-refractivity contribution in [2.75, 3.05) is 5.32 Å². The van der Waals surface area contributed by atoms with Gasteiger partial charge in [-0.2, -0.15) is 0 Å². The topological polar surface area (TPSA) is 47.7 Å². The highest BCUT2D eigenvalue weighted by Gasteiger charge is 2.37. The Labute approximate surface area is 178 Å². The number of halogens is 2. The molecule has 1 saturated carbocycles. The number of nitrogens with zero attached hydrogens (tertiary/aromatic N) is 4. The maximum absolute atomic E-state index is 16.1. The molecule has 1 aliphatic heterocycles. The van der Waals surface area contributed by atoms with Crippen LogP contribution in [0.4, 0.5) is 14.5 Å². The van der Waals surface area contributed by atoms with Gasteiger partial charge in [-0.3, -0.25) is 4.57 Å². The fourth-order valence-corrected chi connectivity index (χ4v) is 4.78. The van der Waals surface area contributed by atoms with Gasteiger partial charge in [0.1, 0.15) is 17.3 Å². The molecule has 2 aromatic heterocycles. The van der Waals surface area contributed by atoms with E-state index >= 15 is 8.78 Å². The molecule has 0 amide bonds. The zero-order valence-electron chi connectivity index (χ0n) is 17.7. The molecule has 7 heteroatoms. The Bertz CT molecular complexity index is 1360. The molecular formula is C24H23F2N5. The van der Waals surface area contributed by atoms with Gasteiger partial charge in [0, 0.05) is 29.7 Å². The number of fused-ring (bicyclic) bond motifs is 4. The first-order valence-electron chi connectivity index (χ1n) is 10.7. The monoisotopic (exact) mass is 419 g/mol. The summed E-state index contributed by atoms with van der Waals surface area (Å²) in [5, 5.41) is 12.5. The fourth-order valence-electron chi connectivity index (χ4n) is 4.78. The molecule has 0 bridgehead atoms. The van der Waals surface area contributed by atoms with Gasteiger partial charge in [0.05, 0.1) is 16.8 Å². The third-order valence-electron chi connectivity index (χ3n) is 6.48. The fraction of sp³-hybridized carbons (Fsp3) is 0.333. The summed E-state index contributed by atoms with van der Waals surface area (Å²) >= 11 is 0. The molecule has 31 heavy (non-hydrogen) atoms. The SMILES string of the molecule is Cc1nnc2n1-c1c(cc(F)c(-c3cccc4c3ccn4CC3CC3)c1F)NC2(C)C. The van der Waals surface area contributed by atoms with Crippen LogP contribution >= 0.6 is 0 Å². The Morgan fingerprint density at radius 2 is 1.97 bits per heavy atom. The minimum absolute atomic E-state index is 0.0194. The molecule has 2 aliphatic rings. The summed E-state index contributed by atoms with van der Waals surface area (Å²) in [6, 6.07) is 9.02. The first-order valence-corrected chi connectivity index (χ1v) is 10.7. The molecule has 0 atom stereocenters. The average Bonchev–Trinajstić information content (AvgIpc) is 3.30. The summed E-state index contributed by atoms with van der Waals surface area (Å²) < 4.78 is 35.4. The normalized spacial score (nSPS) is 16.8. The number of aromatic nitrogens is 4. The van der Waals surface area contributed by atoms with E-state index in [2.05, 4.69) is 20.1 Å². The molecule has 0 spiro atoms. The van der Waals surface area contributed by atoms with E-state index < -0.39 is 17.2 Å². The van der Waals surface area contributed by atoms with E-state index in [0.29, 0.717) is 28.8 Å². The summed E-state index contributed by atoms with van der Waals surface area (Å²) in [6.07, 6.45) is 4.52. The first kappa shape index (κ1) is 18.5. The van der Waals surface area contributed by atoms with Crippen molar-refractivity contribution in [1.29, 1.82) is 0 Å². The lowest BCUT2D eigenvalue weighted by Crippen LogP contribution is -2.36. The van der Waals surface area contributed by atoms with Crippen LogP contribution < -0.4 is 5.32 Å². The average molecular weight is 419 g/mol. The Morgan fingerprint density at radius 1 is 1.16 bits per heavy atom. The van der Waals surface area contributed by atoms with Crippen molar-refractivity contribution in [3.63, 3.8) is 0 Å². The summed E-state index contributed by atoms with van der Waals surface area (Å²) in [7, 11) is 0. The third-order valence-corrected chi connectivity index (χ3v) is 6.48. The van der Waals surface area contributed by atoms with E-state index in [9.17, 15) is 0 Å². The molecule has 1 N–H and O–H groups in total. The molecule has 4 aromatic rings. The zero-order chi connectivity index (χ0) is 21.5. The number of hydrogen-bond acceptors (Lipinski definition) is 3. The predicted octanol–water partition coefficient (Wildman–Crippen LogP) is 5.55. The molecule has 0 unspecified atom stereocenters. The Hall–Kier alpha value is -3.22. The molecule has 6 rings (SSSR count). The molecular weight excluding hydrogens is 396 g/mol. The van der Waals surface area contributed by atoms with Crippen molar-refractivity contribution in [3.8, 4) is 16.8 Å².